The van der Waals surface area contributed by atoms with Gasteiger partial charge in [0.25, 0.3) is 0 Å². The Kier molecular flexibility index (Phi) is 8.15. The summed E-state index contributed by atoms with van der Waals surface area (Å²) < 4.78 is 45.2. The molecule has 36 heavy (non-hydrogen) atoms. The first-order chi connectivity index (χ1) is 17.4. The molecule has 3 aromatic carbocycles. The lowest BCUT2D eigenvalue weighted by atomic mass is 9.84. The summed E-state index contributed by atoms with van der Waals surface area (Å²) in [6.45, 7) is 2.15. The van der Waals surface area contributed by atoms with Crippen molar-refractivity contribution in [1.82, 2.24) is 4.90 Å². The van der Waals surface area contributed by atoms with Crippen LogP contribution in [0.4, 0.5) is 8.78 Å². The maximum absolute atomic E-state index is 14.1. The number of para-hydroxylation sites is 1. The van der Waals surface area contributed by atoms with E-state index in [1.165, 1.54) is 36.4 Å². The standard InChI is InChI=1S/C29H29F2NO4/c1-34-16-15-32(19-21-7-3-4-12-27(21)35-2)20-26-13-14-28(36-26)29(33,22-8-5-10-24(30)17-22)23-9-6-11-25(31)18-23/h3-14,17-18,33H,15-16,19-20H2,1-2H3. The molecule has 1 aromatic heterocycles. The Morgan fingerprint density at radius 2 is 1.50 bits per heavy atom. The molecule has 0 saturated heterocycles. The van der Waals surface area contributed by atoms with Crippen LogP contribution in [0.25, 0.3) is 0 Å². The molecule has 0 amide bonds. The summed E-state index contributed by atoms with van der Waals surface area (Å²) >= 11 is 0. The summed E-state index contributed by atoms with van der Waals surface area (Å²) in [7, 11) is 3.28. The lowest BCUT2D eigenvalue weighted by Gasteiger charge is -2.27. The van der Waals surface area contributed by atoms with Crippen LogP contribution in [0.15, 0.2) is 89.3 Å². The van der Waals surface area contributed by atoms with Crippen molar-refractivity contribution in [3.8, 4) is 5.75 Å². The topological polar surface area (TPSA) is 55.1 Å². The van der Waals surface area contributed by atoms with Crippen LogP contribution >= 0.6 is 0 Å². The number of nitrogens with zero attached hydrogens (tertiary/aromatic N) is 1. The van der Waals surface area contributed by atoms with Gasteiger partial charge in [-0.2, -0.15) is 0 Å². The Morgan fingerprint density at radius 3 is 2.11 bits per heavy atom. The maximum atomic E-state index is 14.1. The average molecular weight is 494 g/mol. The molecular weight excluding hydrogens is 464 g/mol. The number of halogens is 2. The highest BCUT2D eigenvalue weighted by molar-refractivity contribution is 5.44. The molecule has 4 rings (SSSR count). The molecule has 0 bridgehead atoms. The van der Waals surface area contributed by atoms with Gasteiger partial charge in [0.2, 0.25) is 0 Å². The molecule has 1 N–H and O–H groups in total. The highest BCUT2D eigenvalue weighted by Crippen LogP contribution is 2.38. The van der Waals surface area contributed by atoms with E-state index in [0.29, 0.717) is 32.0 Å². The van der Waals surface area contributed by atoms with Crippen molar-refractivity contribution < 1.29 is 27.8 Å². The Balaban J connectivity index is 1.67. The van der Waals surface area contributed by atoms with Crippen LogP contribution < -0.4 is 4.74 Å². The first kappa shape index (κ1) is 25.6. The smallest absolute Gasteiger partial charge is 0.173 e. The van der Waals surface area contributed by atoms with E-state index in [1.807, 2.05) is 24.3 Å². The van der Waals surface area contributed by atoms with E-state index in [9.17, 15) is 13.9 Å². The largest absolute Gasteiger partial charge is 0.496 e. The van der Waals surface area contributed by atoms with E-state index >= 15 is 0 Å². The molecule has 4 aromatic rings. The molecule has 1 heterocycles. The molecule has 0 atom stereocenters. The molecule has 0 radical (unpaired) electrons. The van der Waals surface area contributed by atoms with Gasteiger partial charge in [-0.1, -0.05) is 42.5 Å². The van der Waals surface area contributed by atoms with Crippen LogP contribution in [0.2, 0.25) is 0 Å². The zero-order valence-corrected chi connectivity index (χ0v) is 20.3. The third-order valence-electron chi connectivity index (χ3n) is 6.08. The van der Waals surface area contributed by atoms with Crippen LogP contribution in [-0.2, 0) is 23.4 Å². The SMILES string of the molecule is COCCN(Cc1ccc(C(O)(c2cccc(F)c2)c2cccc(F)c2)o1)Cc1ccccc1OC. The Bertz CT molecular complexity index is 1240. The fraction of sp³-hybridized carbons (Fsp3) is 0.241. The van der Waals surface area contributed by atoms with E-state index < -0.39 is 17.2 Å². The minimum atomic E-state index is -1.89. The van der Waals surface area contributed by atoms with Crippen molar-refractivity contribution in [3.05, 3.63) is 125 Å². The fourth-order valence-corrected chi connectivity index (χ4v) is 4.26. The van der Waals surface area contributed by atoms with Crippen LogP contribution in [-0.4, -0.2) is 37.4 Å². The Morgan fingerprint density at radius 1 is 0.833 bits per heavy atom. The second-order valence-corrected chi connectivity index (χ2v) is 8.51. The van der Waals surface area contributed by atoms with Crippen molar-refractivity contribution in [1.29, 1.82) is 0 Å². The number of ether oxygens (including phenoxy) is 2. The summed E-state index contributed by atoms with van der Waals surface area (Å²) in [6.07, 6.45) is 0. The van der Waals surface area contributed by atoms with Gasteiger partial charge in [0, 0.05) is 25.8 Å². The van der Waals surface area contributed by atoms with Gasteiger partial charge in [-0.15, -0.1) is 0 Å². The number of methoxy groups -OCH3 is 2. The first-order valence-corrected chi connectivity index (χ1v) is 11.6. The zero-order chi connectivity index (χ0) is 25.5. The predicted molar refractivity (Wildman–Crippen MR) is 133 cm³/mol. The fourth-order valence-electron chi connectivity index (χ4n) is 4.26. The van der Waals surface area contributed by atoms with Crippen molar-refractivity contribution in [2.75, 3.05) is 27.4 Å². The van der Waals surface area contributed by atoms with Gasteiger partial charge < -0.3 is 19.0 Å². The average Bonchev–Trinajstić information content (AvgIpc) is 3.36. The van der Waals surface area contributed by atoms with Crippen LogP contribution in [0.1, 0.15) is 28.2 Å². The van der Waals surface area contributed by atoms with Crippen molar-refractivity contribution >= 4 is 0 Å². The molecule has 0 aliphatic rings. The van der Waals surface area contributed by atoms with Crippen LogP contribution in [0.3, 0.4) is 0 Å². The first-order valence-electron chi connectivity index (χ1n) is 11.6. The summed E-state index contributed by atoms with van der Waals surface area (Å²) in [4.78, 5) is 2.13. The van der Waals surface area contributed by atoms with Crippen molar-refractivity contribution in [2.24, 2.45) is 0 Å². The minimum Gasteiger partial charge on any atom is -0.496 e. The monoisotopic (exact) mass is 493 g/mol. The normalized spacial score (nSPS) is 11.7. The van der Waals surface area contributed by atoms with E-state index in [0.717, 1.165) is 11.3 Å². The molecule has 0 saturated carbocycles. The number of hydrogen-bond donors (Lipinski definition) is 1. The Labute approximate surface area is 209 Å². The lowest BCUT2D eigenvalue weighted by molar-refractivity contribution is 0.0926. The van der Waals surface area contributed by atoms with Gasteiger partial charge in [-0.3, -0.25) is 4.90 Å². The van der Waals surface area contributed by atoms with Gasteiger partial charge in [-0.25, -0.2) is 8.78 Å². The van der Waals surface area contributed by atoms with Gasteiger partial charge in [-0.05, 0) is 53.6 Å². The molecular formula is C29H29F2NO4. The molecule has 0 unspecified atom stereocenters. The quantitative estimate of drug-likeness (QED) is 0.299. The van der Waals surface area contributed by atoms with Crippen LogP contribution in [0.5, 0.6) is 5.75 Å². The molecule has 5 nitrogen and oxygen atoms in total. The third kappa shape index (κ3) is 5.65. The highest BCUT2D eigenvalue weighted by atomic mass is 19.1. The number of hydrogen-bond acceptors (Lipinski definition) is 5. The number of benzene rings is 3. The zero-order valence-electron chi connectivity index (χ0n) is 20.3. The highest BCUT2D eigenvalue weighted by Gasteiger charge is 2.38. The molecule has 0 spiro atoms. The van der Waals surface area contributed by atoms with E-state index in [2.05, 4.69) is 4.90 Å². The minimum absolute atomic E-state index is 0.165. The molecule has 0 fully saturated rings. The summed E-state index contributed by atoms with van der Waals surface area (Å²) in [5, 5.41) is 11.9. The van der Waals surface area contributed by atoms with Gasteiger partial charge in [0.15, 0.2) is 5.60 Å². The number of furan rings is 1. The summed E-state index contributed by atoms with van der Waals surface area (Å²) in [5.74, 6) is 0.500. The van der Waals surface area contributed by atoms with Gasteiger partial charge in [0.1, 0.15) is 28.9 Å². The second kappa shape index (κ2) is 11.5. The number of aliphatic hydroxyl groups is 1. The van der Waals surface area contributed by atoms with Gasteiger partial charge in [0.05, 0.1) is 20.3 Å². The second-order valence-electron chi connectivity index (χ2n) is 8.51. The summed E-state index contributed by atoms with van der Waals surface area (Å²) in [6, 6.07) is 22.4. The maximum Gasteiger partial charge on any atom is 0.173 e. The summed E-state index contributed by atoms with van der Waals surface area (Å²) in [5.41, 5.74) is -0.403. The number of rotatable bonds is 11. The van der Waals surface area contributed by atoms with Gasteiger partial charge >= 0.3 is 0 Å². The van der Waals surface area contributed by atoms with E-state index in [1.54, 1.807) is 38.5 Å². The predicted octanol–water partition coefficient (Wildman–Crippen LogP) is 5.50. The Hall–Kier alpha value is -3.52. The molecule has 188 valence electrons. The lowest BCUT2D eigenvalue weighted by Crippen LogP contribution is -2.29. The van der Waals surface area contributed by atoms with E-state index in [4.69, 9.17) is 13.9 Å². The van der Waals surface area contributed by atoms with Crippen molar-refractivity contribution in [2.45, 2.75) is 18.7 Å². The van der Waals surface area contributed by atoms with Crippen molar-refractivity contribution in [3.63, 3.8) is 0 Å². The molecule has 0 aliphatic heterocycles. The van der Waals surface area contributed by atoms with Crippen LogP contribution in [0, 0.1) is 11.6 Å². The van der Waals surface area contributed by atoms with E-state index in [-0.39, 0.29) is 16.9 Å². The molecule has 7 heteroatoms. The third-order valence-corrected chi connectivity index (χ3v) is 6.08. The molecule has 0 aliphatic carbocycles.